The highest BCUT2D eigenvalue weighted by Crippen LogP contribution is 2.37. The van der Waals surface area contributed by atoms with Gasteiger partial charge in [-0.25, -0.2) is 0 Å². The minimum atomic E-state index is 0.0583. The number of aromatic nitrogens is 2. The molecule has 1 saturated heterocycles. The zero-order chi connectivity index (χ0) is 15.5. The summed E-state index contributed by atoms with van der Waals surface area (Å²) in [5, 5.41) is 8.33. The van der Waals surface area contributed by atoms with Crippen LogP contribution in [0, 0.1) is 0 Å². The van der Waals surface area contributed by atoms with Crippen LogP contribution >= 0.6 is 23.4 Å². The highest BCUT2D eigenvalue weighted by molar-refractivity contribution is 7.99. The molecule has 1 aromatic heterocycles. The molecule has 0 radical (unpaired) electrons. The summed E-state index contributed by atoms with van der Waals surface area (Å²) >= 11 is 7.83. The van der Waals surface area contributed by atoms with E-state index in [9.17, 15) is 0 Å². The Kier molecular flexibility index (Phi) is 5.03. The van der Waals surface area contributed by atoms with Crippen molar-refractivity contribution in [1.29, 1.82) is 0 Å². The fraction of sp³-hybridized carbons (Fsp3) is 0.467. The van der Waals surface area contributed by atoms with Gasteiger partial charge < -0.3 is 9.84 Å². The highest BCUT2D eigenvalue weighted by Gasteiger charge is 2.26. The second-order valence-corrected chi connectivity index (χ2v) is 7.17. The van der Waals surface area contributed by atoms with E-state index in [0.717, 1.165) is 35.4 Å². The number of halogens is 1. The number of rotatable bonds is 4. The maximum Gasteiger partial charge on any atom is 0.239 e. The molecule has 0 bridgehead atoms. The van der Waals surface area contributed by atoms with Gasteiger partial charge in [0, 0.05) is 24.5 Å². The Bertz CT molecular complexity index is 636. The van der Waals surface area contributed by atoms with Gasteiger partial charge in [0.05, 0.1) is 16.3 Å². The van der Waals surface area contributed by atoms with Crippen molar-refractivity contribution in [1.82, 2.24) is 20.4 Å². The van der Waals surface area contributed by atoms with Crippen molar-refractivity contribution < 1.29 is 4.52 Å². The first-order chi connectivity index (χ1) is 10.6. The molecule has 118 valence electrons. The van der Waals surface area contributed by atoms with E-state index < -0.39 is 0 Å². The highest BCUT2D eigenvalue weighted by atomic mass is 35.5. The molecule has 1 fully saturated rings. The van der Waals surface area contributed by atoms with Crippen LogP contribution in [-0.4, -0.2) is 41.7 Å². The quantitative estimate of drug-likeness (QED) is 0.864. The van der Waals surface area contributed by atoms with E-state index in [1.807, 2.05) is 31.2 Å². The van der Waals surface area contributed by atoms with Crippen LogP contribution in [0.1, 0.15) is 29.9 Å². The predicted molar refractivity (Wildman–Crippen MR) is 88.3 cm³/mol. The van der Waals surface area contributed by atoms with Crippen molar-refractivity contribution in [3.63, 3.8) is 0 Å². The smallest absolute Gasteiger partial charge is 0.239 e. The lowest BCUT2D eigenvalue weighted by molar-refractivity contribution is 0.190. The van der Waals surface area contributed by atoms with Crippen LogP contribution in [0.25, 0.3) is 0 Å². The molecule has 2 atom stereocenters. The maximum absolute atomic E-state index is 6.20. The van der Waals surface area contributed by atoms with E-state index in [2.05, 4.69) is 27.4 Å². The number of nitrogens with one attached hydrogen (secondary N) is 1. The molecule has 1 aliphatic rings. The number of thioether (sulfide) groups is 1. The van der Waals surface area contributed by atoms with Gasteiger partial charge in [0.2, 0.25) is 5.89 Å². The molecule has 22 heavy (non-hydrogen) atoms. The lowest BCUT2D eigenvalue weighted by atomic mass is 10.2. The summed E-state index contributed by atoms with van der Waals surface area (Å²) in [4.78, 5) is 7.85. The topological polar surface area (TPSA) is 54.2 Å². The molecule has 1 N–H and O–H groups in total. The number of likely N-dealkylation sites (N-methyl/N-ethyl adjacent to an activating group) is 1. The summed E-state index contributed by atoms with van der Waals surface area (Å²) in [6.45, 7) is 4.88. The van der Waals surface area contributed by atoms with Gasteiger partial charge in [0.15, 0.2) is 5.82 Å². The van der Waals surface area contributed by atoms with Crippen LogP contribution in [-0.2, 0) is 0 Å². The monoisotopic (exact) mass is 338 g/mol. The molecular formula is C15H19ClN4OS. The third-order valence-electron chi connectivity index (χ3n) is 3.75. The van der Waals surface area contributed by atoms with E-state index in [-0.39, 0.29) is 11.3 Å². The molecule has 0 aliphatic carbocycles. The standard InChI is InChI=1S/C15H19ClN4OS/c1-10(22-13-6-4-3-5-11(13)16)15-18-14(19-21-15)12-9-17-7-8-20(12)2/h3-6,10,12,17H,7-9H2,1-2H3. The third-order valence-corrected chi connectivity index (χ3v) is 5.36. The number of hydrogen-bond donors (Lipinski definition) is 1. The zero-order valence-corrected chi connectivity index (χ0v) is 14.2. The molecular weight excluding hydrogens is 320 g/mol. The van der Waals surface area contributed by atoms with Crippen molar-refractivity contribution in [2.75, 3.05) is 26.7 Å². The van der Waals surface area contributed by atoms with Crippen LogP contribution in [0.2, 0.25) is 5.02 Å². The SMILES string of the molecule is CC(Sc1ccccc1Cl)c1nc(C2CNCCN2C)no1. The molecule has 2 unspecified atom stereocenters. The predicted octanol–water partition coefficient (Wildman–Crippen LogP) is 3.15. The van der Waals surface area contributed by atoms with Gasteiger partial charge >= 0.3 is 0 Å². The van der Waals surface area contributed by atoms with Crippen LogP contribution in [0.15, 0.2) is 33.7 Å². The number of piperazine rings is 1. The average Bonchev–Trinajstić information content (AvgIpc) is 3.00. The first-order valence-electron chi connectivity index (χ1n) is 7.31. The molecule has 7 heteroatoms. The van der Waals surface area contributed by atoms with Gasteiger partial charge in [0.1, 0.15) is 0 Å². The minimum Gasteiger partial charge on any atom is -0.338 e. The first kappa shape index (κ1) is 15.8. The van der Waals surface area contributed by atoms with Gasteiger partial charge in [-0.3, -0.25) is 4.90 Å². The summed E-state index contributed by atoms with van der Waals surface area (Å²) in [6.07, 6.45) is 0. The van der Waals surface area contributed by atoms with E-state index >= 15 is 0 Å². The molecule has 3 rings (SSSR count). The number of benzene rings is 1. The van der Waals surface area contributed by atoms with Crippen molar-refractivity contribution in [2.45, 2.75) is 23.1 Å². The Balaban J connectivity index is 1.71. The fourth-order valence-electron chi connectivity index (χ4n) is 2.42. The van der Waals surface area contributed by atoms with Gasteiger partial charge in [-0.15, -0.1) is 11.8 Å². The average molecular weight is 339 g/mol. The Labute approximate surface area is 139 Å². The lowest BCUT2D eigenvalue weighted by Crippen LogP contribution is -2.44. The van der Waals surface area contributed by atoms with Crippen molar-refractivity contribution >= 4 is 23.4 Å². The van der Waals surface area contributed by atoms with Crippen LogP contribution in [0.5, 0.6) is 0 Å². The molecule has 0 amide bonds. The normalized spacial score (nSPS) is 21.0. The van der Waals surface area contributed by atoms with Crippen LogP contribution in [0.3, 0.4) is 0 Å². The third kappa shape index (κ3) is 3.46. The lowest BCUT2D eigenvalue weighted by Gasteiger charge is -2.30. The van der Waals surface area contributed by atoms with Gasteiger partial charge in [0.25, 0.3) is 0 Å². The Morgan fingerprint density at radius 3 is 3.05 bits per heavy atom. The molecule has 1 aliphatic heterocycles. The van der Waals surface area contributed by atoms with Gasteiger partial charge in [-0.1, -0.05) is 28.9 Å². The van der Waals surface area contributed by atoms with Crippen molar-refractivity contribution in [3.8, 4) is 0 Å². The maximum atomic E-state index is 6.20. The second-order valence-electron chi connectivity index (χ2n) is 5.38. The van der Waals surface area contributed by atoms with E-state index in [1.165, 1.54) is 0 Å². The molecule has 5 nitrogen and oxygen atoms in total. The number of nitrogens with zero attached hydrogens (tertiary/aromatic N) is 3. The van der Waals surface area contributed by atoms with Crippen LogP contribution in [0.4, 0.5) is 0 Å². The zero-order valence-electron chi connectivity index (χ0n) is 12.6. The summed E-state index contributed by atoms with van der Waals surface area (Å²) in [7, 11) is 2.09. The van der Waals surface area contributed by atoms with Crippen molar-refractivity contribution in [2.24, 2.45) is 0 Å². The Morgan fingerprint density at radius 1 is 1.45 bits per heavy atom. The Morgan fingerprint density at radius 2 is 2.27 bits per heavy atom. The number of hydrogen-bond acceptors (Lipinski definition) is 6. The molecule has 0 saturated carbocycles. The first-order valence-corrected chi connectivity index (χ1v) is 8.56. The van der Waals surface area contributed by atoms with E-state index in [0.29, 0.717) is 5.89 Å². The van der Waals surface area contributed by atoms with E-state index in [4.69, 9.17) is 16.1 Å². The summed E-state index contributed by atoms with van der Waals surface area (Å²) in [5.74, 6) is 1.38. The molecule has 1 aromatic carbocycles. The van der Waals surface area contributed by atoms with Crippen LogP contribution < -0.4 is 5.32 Å². The Hall–Kier alpha value is -1.08. The summed E-state index contributed by atoms with van der Waals surface area (Å²) in [5.41, 5.74) is 0. The van der Waals surface area contributed by atoms with Gasteiger partial charge in [-0.2, -0.15) is 4.98 Å². The molecule has 2 heterocycles. The summed E-state index contributed by atoms with van der Waals surface area (Å²) in [6, 6.07) is 7.96. The van der Waals surface area contributed by atoms with Crippen molar-refractivity contribution in [3.05, 3.63) is 41.0 Å². The molecule has 0 spiro atoms. The summed E-state index contributed by atoms with van der Waals surface area (Å²) < 4.78 is 5.46. The second kappa shape index (κ2) is 7.00. The largest absolute Gasteiger partial charge is 0.338 e. The van der Waals surface area contributed by atoms with Gasteiger partial charge in [-0.05, 0) is 26.1 Å². The minimum absolute atomic E-state index is 0.0583. The fourth-order valence-corrected chi connectivity index (χ4v) is 3.61. The van der Waals surface area contributed by atoms with E-state index in [1.54, 1.807) is 11.8 Å². The molecule has 2 aromatic rings.